The number of halogens is 2. The lowest BCUT2D eigenvalue weighted by Crippen LogP contribution is -2.24. The smallest absolute Gasteiger partial charge is 0.270 e. The first-order chi connectivity index (χ1) is 12.5. The van der Waals surface area contributed by atoms with Gasteiger partial charge in [-0.3, -0.25) is 4.79 Å². The molecule has 1 aromatic heterocycles. The van der Waals surface area contributed by atoms with E-state index in [2.05, 4.69) is 20.6 Å². The molecule has 0 radical (unpaired) electrons. The number of carbonyl (C=O) groups is 1. The number of carbonyl (C=O) groups excluding carboxylic acids is 1. The van der Waals surface area contributed by atoms with Crippen molar-refractivity contribution in [2.24, 2.45) is 0 Å². The van der Waals surface area contributed by atoms with Crippen LogP contribution in [0, 0.1) is 6.92 Å². The molecule has 1 heterocycles. The normalized spacial score (nSPS) is 10.4. The lowest BCUT2D eigenvalue weighted by atomic mass is 10.1. The van der Waals surface area contributed by atoms with Crippen LogP contribution in [0.25, 0.3) is 0 Å². The molecular weight excluding hydrogens is 371 g/mol. The van der Waals surface area contributed by atoms with Gasteiger partial charge in [-0.2, -0.15) is 0 Å². The van der Waals surface area contributed by atoms with Gasteiger partial charge in [0.2, 0.25) is 5.95 Å². The molecule has 0 spiro atoms. The van der Waals surface area contributed by atoms with E-state index >= 15 is 0 Å². The van der Waals surface area contributed by atoms with Crippen molar-refractivity contribution in [1.82, 2.24) is 15.3 Å². The van der Waals surface area contributed by atoms with E-state index in [1.807, 2.05) is 31.2 Å². The largest absolute Gasteiger partial charge is 0.347 e. The van der Waals surface area contributed by atoms with Crippen molar-refractivity contribution in [1.29, 1.82) is 0 Å². The van der Waals surface area contributed by atoms with E-state index in [1.165, 1.54) is 11.8 Å². The zero-order chi connectivity index (χ0) is 18.5. The van der Waals surface area contributed by atoms with Crippen LogP contribution in [0.4, 0.5) is 11.6 Å². The van der Waals surface area contributed by atoms with Gasteiger partial charge in [-0.1, -0.05) is 59.1 Å². The van der Waals surface area contributed by atoms with Gasteiger partial charge in [-0.15, -0.1) is 0 Å². The second kappa shape index (κ2) is 8.17. The number of nitrogens with zero attached hydrogens (tertiary/aromatic N) is 2. The van der Waals surface area contributed by atoms with Crippen LogP contribution >= 0.6 is 23.2 Å². The molecule has 3 rings (SSSR count). The Hall–Kier alpha value is -2.63. The number of amides is 1. The molecule has 0 saturated carbocycles. The van der Waals surface area contributed by atoms with Crippen LogP contribution in [0.2, 0.25) is 10.0 Å². The monoisotopic (exact) mass is 386 g/mol. The number of anilines is 2. The number of benzene rings is 2. The molecule has 0 aliphatic rings. The van der Waals surface area contributed by atoms with Crippen LogP contribution in [-0.4, -0.2) is 15.9 Å². The van der Waals surface area contributed by atoms with E-state index < -0.39 is 0 Å². The summed E-state index contributed by atoms with van der Waals surface area (Å²) in [5.74, 6) is -0.0516. The van der Waals surface area contributed by atoms with E-state index in [-0.39, 0.29) is 17.5 Å². The average molecular weight is 387 g/mol. The summed E-state index contributed by atoms with van der Waals surface area (Å²) >= 11 is 12.3. The Kier molecular flexibility index (Phi) is 5.71. The van der Waals surface area contributed by atoms with Crippen molar-refractivity contribution in [3.05, 3.63) is 81.6 Å². The first-order valence-corrected chi connectivity index (χ1v) is 8.66. The van der Waals surface area contributed by atoms with Crippen molar-refractivity contribution in [3.63, 3.8) is 0 Å². The predicted molar refractivity (Wildman–Crippen MR) is 104 cm³/mol. The van der Waals surface area contributed by atoms with Crippen LogP contribution in [0.1, 0.15) is 21.6 Å². The summed E-state index contributed by atoms with van der Waals surface area (Å²) in [7, 11) is 0. The molecule has 7 heteroatoms. The number of rotatable bonds is 5. The minimum Gasteiger partial charge on any atom is -0.347 e. The van der Waals surface area contributed by atoms with E-state index in [0.717, 1.165) is 5.56 Å². The van der Waals surface area contributed by atoms with Gasteiger partial charge in [-0.25, -0.2) is 9.97 Å². The summed E-state index contributed by atoms with van der Waals surface area (Å²) in [6.07, 6.45) is 1.50. The molecule has 3 aromatic rings. The Balaban J connectivity index is 1.70. The SMILES string of the molecule is Cc1ccc(CNC(=O)c2ccnc(Nc3c(Cl)cccc3Cl)n2)cc1. The van der Waals surface area contributed by atoms with Crippen LogP contribution < -0.4 is 10.6 Å². The molecule has 0 saturated heterocycles. The van der Waals surface area contributed by atoms with Crippen molar-refractivity contribution < 1.29 is 4.79 Å². The van der Waals surface area contributed by atoms with Gasteiger partial charge in [0.15, 0.2) is 0 Å². The van der Waals surface area contributed by atoms with Gasteiger partial charge < -0.3 is 10.6 Å². The number of hydrogen-bond acceptors (Lipinski definition) is 4. The third-order valence-corrected chi connectivity index (χ3v) is 4.29. The second-order valence-electron chi connectivity index (χ2n) is 5.66. The molecule has 0 atom stereocenters. The van der Waals surface area contributed by atoms with Crippen molar-refractivity contribution in [2.75, 3.05) is 5.32 Å². The van der Waals surface area contributed by atoms with E-state index in [4.69, 9.17) is 23.2 Å². The summed E-state index contributed by atoms with van der Waals surface area (Å²) in [5, 5.41) is 6.67. The van der Waals surface area contributed by atoms with Gasteiger partial charge in [0, 0.05) is 12.7 Å². The molecule has 2 N–H and O–H groups in total. The third kappa shape index (κ3) is 4.50. The minimum atomic E-state index is -0.290. The van der Waals surface area contributed by atoms with Gasteiger partial charge >= 0.3 is 0 Å². The highest BCUT2D eigenvalue weighted by molar-refractivity contribution is 6.39. The Labute approximate surface area is 161 Å². The highest BCUT2D eigenvalue weighted by Gasteiger charge is 2.11. The summed E-state index contributed by atoms with van der Waals surface area (Å²) in [6.45, 7) is 2.44. The highest BCUT2D eigenvalue weighted by atomic mass is 35.5. The zero-order valence-electron chi connectivity index (χ0n) is 14.0. The molecule has 26 heavy (non-hydrogen) atoms. The first-order valence-electron chi connectivity index (χ1n) is 7.91. The number of nitrogens with one attached hydrogen (secondary N) is 2. The second-order valence-corrected chi connectivity index (χ2v) is 6.47. The molecule has 0 fully saturated rings. The van der Waals surface area contributed by atoms with Gasteiger partial charge in [0.25, 0.3) is 5.91 Å². The van der Waals surface area contributed by atoms with Crippen molar-refractivity contribution in [2.45, 2.75) is 13.5 Å². The summed E-state index contributed by atoms with van der Waals surface area (Å²) in [4.78, 5) is 20.7. The molecule has 5 nitrogen and oxygen atoms in total. The standard InChI is InChI=1S/C19H16Cl2N4O/c1-12-5-7-13(8-6-12)11-23-18(26)16-9-10-22-19(24-16)25-17-14(20)3-2-4-15(17)21/h2-10H,11H2,1H3,(H,23,26)(H,22,24,25). The predicted octanol–water partition coefficient (Wildman–Crippen LogP) is 4.77. The summed E-state index contributed by atoms with van der Waals surface area (Å²) in [6, 6.07) is 14.6. The van der Waals surface area contributed by atoms with Gasteiger partial charge in [-0.05, 0) is 30.7 Å². The molecular formula is C19H16Cl2N4O. The maximum absolute atomic E-state index is 12.3. The lowest BCUT2D eigenvalue weighted by Gasteiger charge is -2.10. The quantitative estimate of drug-likeness (QED) is 0.662. The lowest BCUT2D eigenvalue weighted by molar-refractivity contribution is 0.0946. The van der Waals surface area contributed by atoms with Gasteiger partial charge in [0.1, 0.15) is 5.69 Å². The zero-order valence-corrected chi connectivity index (χ0v) is 15.5. The maximum Gasteiger partial charge on any atom is 0.270 e. The van der Waals surface area contributed by atoms with Crippen LogP contribution in [-0.2, 0) is 6.54 Å². The fraction of sp³-hybridized carbons (Fsp3) is 0.105. The summed E-state index contributed by atoms with van der Waals surface area (Å²) in [5.41, 5.74) is 2.93. The van der Waals surface area contributed by atoms with Gasteiger partial charge in [0.05, 0.1) is 15.7 Å². The topological polar surface area (TPSA) is 66.9 Å². The maximum atomic E-state index is 12.3. The number of hydrogen-bond donors (Lipinski definition) is 2. The number of para-hydroxylation sites is 1. The van der Waals surface area contributed by atoms with Crippen LogP contribution in [0.5, 0.6) is 0 Å². The van der Waals surface area contributed by atoms with Crippen molar-refractivity contribution in [3.8, 4) is 0 Å². The van der Waals surface area contributed by atoms with Crippen molar-refractivity contribution >= 4 is 40.7 Å². The Morgan fingerprint density at radius 1 is 1.04 bits per heavy atom. The summed E-state index contributed by atoms with van der Waals surface area (Å²) < 4.78 is 0. The van der Waals surface area contributed by atoms with Crippen LogP contribution in [0.3, 0.4) is 0 Å². The Morgan fingerprint density at radius 3 is 2.42 bits per heavy atom. The minimum absolute atomic E-state index is 0.239. The molecule has 0 unspecified atom stereocenters. The highest BCUT2D eigenvalue weighted by Crippen LogP contribution is 2.31. The molecule has 0 aliphatic carbocycles. The molecule has 0 bridgehead atoms. The van der Waals surface area contributed by atoms with E-state index in [9.17, 15) is 4.79 Å². The molecule has 2 aromatic carbocycles. The average Bonchev–Trinajstić information content (AvgIpc) is 2.64. The first kappa shape index (κ1) is 18.2. The van der Waals surface area contributed by atoms with E-state index in [0.29, 0.717) is 22.3 Å². The Bertz CT molecular complexity index is 909. The third-order valence-electron chi connectivity index (χ3n) is 3.66. The van der Waals surface area contributed by atoms with E-state index in [1.54, 1.807) is 24.3 Å². The fourth-order valence-electron chi connectivity index (χ4n) is 2.25. The molecule has 0 aliphatic heterocycles. The number of aryl methyl sites for hydroxylation is 1. The Morgan fingerprint density at radius 2 is 1.73 bits per heavy atom. The molecule has 1 amide bonds. The molecule has 132 valence electrons. The van der Waals surface area contributed by atoms with Crippen LogP contribution in [0.15, 0.2) is 54.7 Å². The number of aromatic nitrogens is 2. The fourth-order valence-corrected chi connectivity index (χ4v) is 2.75.